The number of thiophene rings is 2. The number of hydrogen-bond donors (Lipinski definition) is 0. The summed E-state index contributed by atoms with van der Waals surface area (Å²) in [4.78, 5) is 20.4. The predicted octanol–water partition coefficient (Wildman–Crippen LogP) is 11.6. The number of fused-ring (bicyclic) bond motifs is 13. The number of benzene rings is 6. The molecule has 0 saturated carbocycles. The molecule has 49 heavy (non-hydrogen) atoms. The quantitative estimate of drug-likeness (QED) is 0.189. The van der Waals surface area contributed by atoms with E-state index in [2.05, 4.69) is 119 Å². The fourth-order valence-electron chi connectivity index (χ4n) is 7.46. The Balaban J connectivity index is 1.20. The second kappa shape index (κ2) is 10.2. The molecule has 11 aromatic rings. The topological polar surface area (TPSA) is 56.5 Å². The van der Waals surface area contributed by atoms with E-state index in [9.17, 15) is 0 Å². The van der Waals surface area contributed by atoms with Crippen molar-refractivity contribution in [2.75, 3.05) is 0 Å². The molecule has 0 atom stereocenters. The van der Waals surface area contributed by atoms with Crippen LogP contribution in [0.2, 0.25) is 0 Å². The van der Waals surface area contributed by atoms with Crippen LogP contribution in [-0.4, -0.2) is 24.5 Å². The average Bonchev–Trinajstić information content (AvgIpc) is 3.85. The van der Waals surface area contributed by atoms with Gasteiger partial charge in [0, 0.05) is 70.1 Å². The van der Waals surface area contributed by atoms with Crippen molar-refractivity contribution in [3.8, 4) is 28.3 Å². The van der Waals surface area contributed by atoms with Crippen LogP contribution >= 0.6 is 22.7 Å². The fourth-order valence-corrected chi connectivity index (χ4v) is 9.96. The Morgan fingerprint density at radius 1 is 0.531 bits per heavy atom. The van der Waals surface area contributed by atoms with Crippen LogP contribution in [0.4, 0.5) is 0 Å². The van der Waals surface area contributed by atoms with E-state index in [1.807, 2.05) is 35.7 Å². The van der Waals surface area contributed by atoms with Gasteiger partial charge >= 0.3 is 0 Å². The summed E-state index contributed by atoms with van der Waals surface area (Å²) >= 11 is 3.64. The maximum absolute atomic E-state index is 5.13. The first-order valence-electron chi connectivity index (χ1n) is 16.1. The smallest absolute Gasteiger partial charge is 0.160 e. The van der Waals surface area contributed by atoms with E-state index < -0.39 is 0 Å². The summed E-state index contributed by atoms with van der Waals surface area (Å²) in [5.41, 5.74) is 7.40. The standard InChI is InChI=1S/C42H23N5S2/c1-2-10-24(11-3-1)37-27-12-4-7-15-31(27)45-41(46-37)25-18-20-26(21-19-25)47-32-16-8-5-13-28(32)34-35-30-22-43-23-44-42(30)49-39(35)36-29-14-6-9-17-33(29)48-40(36)38(34)47/h1-23H. The van der Waals surface area contributed by atoms with Crippen molar-refractivity contribution in [2.24, 2.45) is 0 Å². The third-order valence-electron chi connectivity index (χ3n) is 9.57. The number of hydrogen-bond acceptors (Lipinski definition) is 6. The van der Waals surface area contributed by atoms with Crippen LogP contribution < -0.4 is 0 Å². The average molecular weight is 662 g/mol. The highest BCUT2D eigenvalue weighted by Gasteiger charge is 2.24. The molecule has 5 heterocycles. The normalized spacial score (nSPS) is 12.1. The first-order valence-corrected chi connectivity index (χ1v) is 17.8. The van der Waals surface area contributed by atoms with Crippen LogP contribution in [0.15, 0.2) is 140 Å². The first kappa shape index (κ1) is 27.0. The molecule has 228 valence electrons. The highest BCUT2D eigenvalue weighted by molar-refractivity contribution is 7.30. The maximum Gasteiger partial charge on any atom is 0.160 e. The van der Waals surface area contributed by atoms with Gasteiger partial charge in [-0.1, -0.05) is 84.9 Å². The lowest BCUT2D eigenvalue weighted by atomic mass is 10.0. The van der Waals surface area contributed by atoms with E-state index in [4.69, 9.17) is 15.0 Å². The summed E-state index contributed by atoms with van der Waals surface area (Å²) in [5.74, 6) is 0.713. The van der Waals surface area contributed by atoms with E-state index in [0.717, 1.165) is 43.6 Å². The lowest BCUT2D eigenvalue weighted by Gasteiger charge is -2.12. The van der Waals surface area contributed by atoms with Crippen LogP contribution in [-0.2, 0) is 0 Å². The summed E-state index contributed by atoms with van der Waals surface area (Å²) in [6.45, 7) is 0. The van der Waals surface area contributed by atoms with Crippen molar-refractivity contribution in [3.05, 3.63) is 140 Å². The lowest BCUT2D eigenvalue weighted by Crippen LogP contribution is -1.97. The summed E-state index contributed by atoms with van der Waals surface area (Å²) < 4.78 is 6.28. The molecule has 0 bridgehead atoms. The molecule has 0 aliphatic heterocycles. The number of nitrogens with zero attached hydrogens (tertiary/aromatic N) is 5. The van der Waals surface area contributed by atoms with Gasteiger partial charge in [0.1, 0.15) is 11.2 Å². The Kier molecular flexibility index (Phi) is 5.64. The Morgan fingerprint density at radius 3 is 2.16 bits per heavy atom. The highest BCUT2D eigenvalue weighted by atomic mass is 32.1. The molecule has 5 aromatic heterocycles. The van der Waals surface area contributed by atoms with Crippen molar-refractivity contribution >= 4 is 95.9 Å². The van der Waals surface area contributed by atoms with Gasteiger partial charge in [-0.15, -0.1) is 22.7 Å². The molecule has 11 rings (SSSR count). The van der Waals surface area contributed by atoms with E-state index in [1.165, 1.54) is 52.1 Å². The van der Waals surface area contributed by atoms with Crippen molar-refractivity contribution in [3.63, 3.8) is 0 Å². The van der Waals surface area contributed by atoms with Crippen molar-refractivity contribution in [1.29, 1.82) is 0 Å². The SMILES string of the molecule is c1ccc(-c2nc(-c3ccc(-n4c5ccccc5c5c6c7cncnc7sc6c6c7ccccc7sc6c54)cc3)nc3ccccc23)cc1. The molecule has 0 unspecified atom stereocenters. The van der Waals surface area contributed by atoms with Crippen LogP contribution in [0.1, 0.15) is 0 Å². The van der Waals surface area contributed by atoms with Crippen LogP contribution in [0.5, 0.6) is 0 Å². The number of para-hydroxylation sites is 2. The number of rotatable bonds is 3. The monoisotopic (exact) mass is 661 g/mol. The molecule has 0 radical (unpaired) electrons. The Bertz CT molecular complexity index is 3100. The highest BCUT2D eigenvalue weighted by Crippen LogP contribution is 2.51. The molecular weight excluding hydrogens is 639 g/mol. The van der Waals surface area contributed by atoms with Gasteiger partial charge in [0.2, 0.25) is 0 Å². The van der Waals surface area contributed by atoms with Gasteiger partial charge in [-0.2, -0.15) is 0 Å². The lowest BCUT2D eigenvalue weighted by molar-refractivity contribution is 1.18. The second-order valence-electron chi connectivity index (χ2n) is 12.3. The minimum Gasteiger partial charge on any atom is -0.308 e. The molecule has 0 saturated heterocycles. The molecule has 0 amide bonds. The molecule has 6 aromatic carbocycles. The molecule has 0 aliphatic rings. The summed E-state index contributed by atoms with van der Waals surface area (Å²) in [6.07, 6.45) is 3.64. The van der Waals surface area contributed by atoms with E-state index in [1.54, 1.807) is 17.7 Å². The Morgan fingerprint density at radius 2 is 1.29 bits per heavy atom. The van der Waals surface area contributed by atoms with Gasteiger partial charge in [0.25, 0.3) is 0 Å². The third kappa shape index (κ3) is 3.85. The van der Waals surface area contributed by atoms with Gasteiger partial charge in [0.05, 0.1) is 26.9 Å². The fraction of sp³-hybridized carbons (Fsp3) is 0. The zero-order chi connectivity index (χ0) is 32.1. The minimum absolute atomic E-state index is 0.713. The van der Waals surface area contributed by atoms with Crippen LogP contribution in [0.25, 0.3) is 102 Å². The third-order valence-corrected chi connectivity index (χ3v) is 11.9. The summed E-state index contributed by atoms with van der Waals surface area (Å²) in [5, 5.41) is 8.43. The Labute approximate surface area is 287 Å². The molecular formula is C42H23N5S2. The van der Waals surface area contributed by atoms with Crippen LogP contribution in [0, 0.1) is 0 Å². The van der Waals surface area contributed by atoms with Gasteiger partial charge in [0.15, 0.2) is 5.82 Å². The van der Waals surface area contributed by atoms with E-state index in [0.29, 0.717) is 5.82 Å². The molecule has 5 nitrogen and oxygen atoms in total. The second-order valence-corrected chi connectivity index (χ2v) is 14.3. The van der Waals surface area contributed by atoms with Crippen molar-refractivity contribution < 1.29 is 0 Å². The van der Waals surface area contributed by atoms with Gasteiger partial charge in [-0.05, 0) is 42.5 Å². The molecule has 0 fully saturated rings. The largest absolute Gasteiger partial charge is 0.308 e. The van der Waals surface area contributed by atoms with E-state index in [-0.39, 0.29) is 0 Å². The molecule has 7 heteroatoms. The zero-order valence-electron chi connectivity index (χ0n) is 25.8. The number of aromatic nitrogens is 5. The summed E-state index contributed by atoms with van der Waals surface area (Å²) in [6, 6.07) is 44.9. The maximum atomic E-state index is 5.13. The molecule has 0 N–H and O–H groups in total. The Hall–Kier alpha value is -6.02. The van der Waals surface area contributed by atoms with Crippen molar-refractivity contribution in [1.82, 2.24) is 24.5 Å². The van der Waals surface area contributed by atoms with Gasteiger partial charge in [-0.25, -0.2) is 19.9 Å². The molecule has 0 spiro atoms. The predicted molar refractivity (Wildman–Crippen MR) is 206 cm³/mol. The zero-order valence-corrected chi connectivity index (χ0v) is 27.5. The van der Waals surface area contributed by atoms with Gasteiger partial charge < -0.3 is 4.57 Å². The minimum atomic E-state index is 0.713. The van der Waals surface area contributed by atoms with E-state index >= 15 is 0 Å². The summed E-state index contributed by atoms with van der Waals surface area (Å²) in [7, 11) is 0. The first-order chi connectivity index (χ1) is 24.3. The van der Waals surface area contributed by atoms with Gasteiger partial charge in [-0.3, -0.25) is 0 Å². The van der Waals surface area contributed by atoms with Crippen molar-refractivity contribution in [2.45, 2.75) is 0 Å². The molecule has 0 aliphatic carbocycles. The van der Waals surface area contributed by atoms with Crippen LogP contribution in [0.3, 0.4) is 0 Å².